The lowest BCUT2D eigenvalue weighted by Crippen LogP contribution is -2.27. The Morgan fingerprint density at radius 2 is 2.38 bits per heavy atom. The molecule has 2 fully saturated rings. The molecule has 3 heterocycles. The van der Waals surface area contributed by atoms with E-state index >= 15 is 0 Å². The van der Waals surface area contributed by atoms with Crippen molar-refractivity contribution in [2.75, 3.05) is 6.61 Å². The highest BCUT2D eigenvalue weighted by molar-refractivity contribution is 9.10. The standard InChI is InChI=1S/C12H15BrN2O/c13-9-1-4-12(14-6-9)16-7-8-5-10-2-3-11(8)15-10/h1,4,6,8,10-11,15H,2-3,5,7H2. The van der Waals surface area contributed by atoms with Crippen molar-refractivity contribution < 1.29 is 4.74 Å². The summed E-state index contributed by atoms with van der Waals surface area (Å²) in [5.41, 5.74) is 0. The Kier molecular flexibility index (Phi) is 2.86. The zero-order valence-electron chi connectivity index (χ0n) is 9.03. The summed E-state index contributed by atoms with van der Waals surface area (Å²) in [5, 5.41) is 3.62. The van der Waals surface area contributed by atoms with E-state index < -0.39 is 0 Å². The molecule has 0 radical (unpaired) electrons. The van der Waals surface area contributed by atoms with E-state index in [-0.39, 0.29) is 0 Å². The van der Waals surface area contributed by atoms with Crippen LogP contribution < -0.4 is 10.1 Å². The number of ether oxygens (including phenoxy) is 1. The highest BCUT2D eigenvalue weighted by atomic mass is 79.9. The van der Waals surface area contributed by atoms with E-state index in [1.54, 1.807) is 6.20 Å². The molecule has 2 saturated heterocycles. The van der Waals surface area contributed by atoms with Crippen molar-refractivity contribution in [1.82, 2.24) is 10.3 Å². The first kappa shape index (κ1) is 10.5. The van der Waals surface area contributed by atoms with Gasteiger partial charge in [-0.25, -0.2) is 4.98 Å². The van der Waals surface area contributed by atoms with Gasteiger partial charge < -0.3 is 10.1 Å². The minimum Gasteiger partial charge on any atom is -0.477 e. The maximum atomic E-state index is 5.73. The molecule has 2 aliphatic rings. The van der Waals surface area contributed by atoms with Gasteiger partial charge in [0.15, 0.2) is 0 Å². The second kappa shape index (κ2) is 4.34. The fraction of sp³-hybridized carbons (Fsp3) is 0.583. The zero-order valence-corrected chi connectivity index (χ0v) is 10.6. The van der Waals surface area contributed by atoms with E-state index in [9.17, 15) is 0 Å². The molecule has 2 bridgehead atoms. The summed E-state index contributed by atoms with van der Waals surface area (Å²) >= 11 is 3.36. The van der Waals surface area contributed by atoms with Gasteiger partial charge in [0.1, 0.15) is 0 Å². The third-order valence-electron chi connectivity index (χ3n) is 3.58. The average Bonchev–Trinajstić information content (AvgIpc) is 2.90. The molecular weight excluding hydrogens is 268 g/mol. The Morgan fingerprint density at radius 3 is 3.00 bits per heavy atom. The quantitative estimate of drug-likeness (QED) is 0.924. The van der Waals surface area contributed by atoms with Gasteiger partial charge >= 0.3 is 0 Å². The summed E-state index contributed by atoms with van der Waals surface area (Å²) in [4.78, 5) is 4.21. The molecule has 1 aromatic heterocycles. The molecule has 0 spiro atoms. The van der Waals surface area contributed by atoms with Gasteiger partial charge in [-0.2, -0.15) is 0 Å². The second-order valence-electron chi connectivity index (χ2n) is 4.67. The van der Waals surface area contributed by atoms with Crippen LogP contribution in [0.15, 0.2) is 22.8 Å². The smallest absolute Gasteiger partial charge is 0.213 e. The summed E-state index contributed by atoms with van der Waals surface area (Å²) in [6.07, 6.45) is 5.69. The van der Waals surface area contributed by atoms with Crippen molar-refractivity contribution in [2.24, 2.45) is 5.92 Å². The van der Waals surface area contributed by atoms with Gasteiger partial charge in [-0.1, -0.05) is 0 Å². The van der Waals surface area contributed by atoms with Gasteiger partial charge in [0.2, 0.25) is 5.88 Å². The zero-order chi connectivity index (χ0) is 11.0. The maximum Gasteiger partial charge on any atom is 0.213 e. The Balaban J connectivity index is 1.55. The lowest BCUT2D eigenvalue weighted by atomic mass is 9.90. The lowest BCUT2D eigenvalue weighted by molar-refractivity contribution is 0.216. The van der Waals surface area contributed by atoms with Crippen LogP contribution in [0.1, 0.15) is 19.3 Å². The largest absolute Gasteiger partial charge is 0.477 e. The number of hydrogen-bond acceptors (Lipinski definition) is 3. The lowest BCUT2D eigenvalue weighted by Gasteiger charge is -2.19. The predicted octanol–water partition coefficient (Wildman–Crippen LogP) is 2.36. The Morgan fingerprint density at radius 1 is 1.44 bits per heavy atom. The van der Waals surface area contributed by atoms with Crippen LogP contribution in [0.2, 0.25) is 0 Å². The van der Waals surface area contributed by atoms with Crippen molar-refractivity contribution in [3.63, 3.8) is 0 Å². The maximum absolute atomic E-state index is 5.73. The van der Waals surface area contributed by atoms with Crippen molar-refractivity contribution in [3.8, 4) is 5.88 Å². The highest BCUT2D eigenvalue weighted by Gasteiger charge is 2.39. The molecule has 1 N–H and O–H groups in total. The molecule has 1 aromatic rings. The number of hydrogen-bond donors (Lipinski definition) is 1. The van der Waals surface area contributed by atoms with Gasteiger partial charge in [-0.3, -0.25) is 0 Å². The van der Waals surface area contributed by atoms with E-state index in [0.29, 0.717) is 12.0 Å². The third kappa shape index (κ3) is 2.09. The number of halogens is 1. The van der Waals surface area contributed by atoms with Crippen molar-refractivity contribution >= 4 is 15.9 Å². The van der Waals surface area contributed by atoms with Crippen molar-refractivity contribution in [2.45, 2.75) is 31.3 Å². The molecule has 86 valence electrons. The summed E-state index contributed by atoms with van der Waals surface area (Å²) in [6, 6.07) is 5.29. The molecule has 16 heavy (non-hydrogen) atoms. The van der Waals surface area contributed by atoms with E-state index in [1.807, 2.05) is 12.1 Å². The number of aromatic nitrogens is 1. The monoisotopic (exact) mass is 282 g/mol. The Labute approximate surface area is 104 Å². The first-order valence-electron chi connectivity index (χ1n) is 5.81. The molecule has 3 atom stereocenters. The SMILES string of the molecule is Brc1ccc(OCC2CC3CCC2N3)nc1. The van der Waals surface area contributed by atoms with Gasteiger partial charge in [0.25, 0.3) is 0 Å². The van der Waals surface area contributed by atoms with Gasteiger partial charge in [0, 0.05) is 34.7 Å². The summed E-state index contributed by atoms with van der Waals surface area (Å²) in [7, 11) is 0. The predicted molar refractivity (Wildman–Crippen MR) is 65.5 cm³/mol. The van der Waals surface area contributed by atoms with Crippen LogP contribution in [0.4, 0.5) is 0 Å². The second-order valence-corrected chi connectivity index (χ2v) is 5.58. The number of nitrogens with zero attached hydrogens (tertiary/aromatic N) is 1. The molecule has 0 aliphatic carbocycles. The first-order valence-corrected chi connectivity index (χ1v) is 6.61. The topological polar surface area (TPSA) is 34.1 Å². The van der Waals surface area contributed by atoms with Gasteiger partial charge in [-0.05, 0) is 41.3 Å². The first-order chi connectivity index (χ1) is 7.81. The van der Waals surface area contributed by atoms with E-state index in [2.05, 4.69) is 26.2 Å². The Hall–Kier alpha value is -0.610. The molecule has 3 nitrogen and oxygen atoms in total. The molecule has 2 aliphatic heterocycles. The molecular formula is C12H15BrN2O. The van der Waals surface area contributed by atoms with Crippen LogP contribution >= 0.6 is 15.9 Å². The molecule has 0 amide bonds. The van der Waals surface area contributed by atoms with E-state index in [0.717, 1.165) is 23.0 Å². The van der Waals surface area contributed by atoms with Crippen LogP contribution in [-0.4, -0.2) is 23.7 Å². The molecule has 0 saturated carbocycles. The third-order valence-corrected chi connectivity index (χ3v) is 4.05. The van der Waals surface area contributed by atoms with E-state index in [1.165, 1.54) is 19.3 Å². The fourth-order valence-electron chi connectivity index (χ4n) is 2.76. The minimum absolute atomic E-state index is 0.671. The van der Waals surface area contributed by atoms with Crippen LogP contribution in [0.3, 0.4) is 0 Å². The number of pyridine rings is 1. The van der Waals surface area contributed by atoms with Gasteiger partial charge in [0.05, 0.1) is 6.61 Å². The number of nitrogens with one attached hydrogen (secondary N) is 1. The summed E-state index contributed by atoms with van der Waals surface area (Å²) in [5.74, 6) is 1.40. The van der Waals surface area contributed by atoms with Crippen LogP contribution in [0, 0.1) is 5.92 Å². The fourth-order valence-corrected chi connectivity index (χ4v) is 3.00. The number of rotatable bonds is 3. The Bertz CT molecular complexity index is 368. The van der Waals surface area contributed by atoms with Crippen LogP contribution in [0.25, 0.3) is 0 Å². The van der Waals surface area contributed by atoms with Crippen LogP contribution in [0.5, 0.6) is 5.88 Å². The normalized spacial score (nSPS) is 31.9. The van der Waals surface area contributed by atoms with Crippen LogP contribution in [-0.2, 0) is 0 Å². The minimum atomic E-state index is 0.671. The molecule has 0 aromatic carbocycles. The van der Waals surface area contributed by atoms with Crippen molar-refractivity contribution in [1.29, 1.82) is 0 Å². The highest BCUT2D eigenvalue weighted by Crippen LogP contribution is 2.33. The average molecular weight is 283 g/mol. The summed E-state index contributed by atoms with van der Waals surface area (Å²) in [6.45, 7) is 0.794. The summed E-state index contributed by atoms with van der Waals surface area (Å²) < 4.78 is 6.71. The molecule has 4 heteroatoms. The van der Waals surface area contributed by atoms with Gasteiger partial charge in [-0.15, -0.1) is 0 Å². The van der Waals surface area contributed by atoms with Crippen molar-refractivity contribution in [3.05, 3.63) is 22.8 Å². The number of fused-ring (bicyclic) bond motifs is 2. The molecule has 3 rings (SSSR count). The molecule has 3 unspecified atom stereocenters. The van der Waals surface area contributed by atoms with E-state index in [4.69, 9.17) is 4.74 Å².